The maximum atomic E-state index is 13.0. The molecule has 0 aliphatic carbocycles. The maximum absolute atomic E-state index is 13.0. The average Bonchev–Trinajstić information content (AvgIpc) is 3.13. The first-order chi connectivity index (χ1) is 12.4. The first-order valence-corrected chi connectivity index (χ1v) is 9.63. The van der Waals surface area contributed by atoms with Gasteiger partial charge in [0.25, 0.3) is 5.56 Å². The van der Waals surface area contributed by atoms with Crippen LogP contribution in [0.2, 0.25) is 0 Å². The number of aromatic nitrogens is 1. The van der Waals surface area contributed by atoms with Crippen molar-refractivity contribution in [1.82, 2.24) is 9.29 Å². The third-order valence-electron chi connectivity index (χ3n) is 4.80. The molecule has 8 heteroatoms. The van der Waals surface area contributed by atoms with Crippen molar-refractivity contribution in [3.63, 3.8) is 0 Å². The van der Waals surface area contributed by atoms with E-state index >= 15 is 0 Å². The zero-order valence-corrected chi connectivity index (χ0v) is 14.5. The number of benzene rings is 2. The molecule has 0 amide bonds. The van der Waals surface area contributed by atoms with Crippen molar-refractivity contribution in [3.05, 3.63) is 52.8 Å². The van der Waals surface area contributed by atoms with Gasteiger partial charge in [0.2, 0.25) is 10.0 Å². The van der Waals surface area contributed by atoms with Crippen LogP contribution in [0.25, 0.3) is 21.7 Å². The summed E-state index contributed by atoms with van der Waals surface area (Å²) in [6, 6.07) is 10.4. The number of sulfonamides is 1. The minimum atomic E-state index is -3.94. The number of carboxylic acids is 1. The minimum absolute atomic E-state index is 0.0235. The Balaban J connectivity index is 1.92. The number of rotatable bonds is 3. The highest BCUT2D eigenvalue weighted by Gasteiger charge is 2.39. The summed E-state index contributed by atoms with van der Waals surface area (Å²) in [6.07, 6.45) is 0.818. The number of fused-ring (bicyclic) bond motifs is 3. The molecule has 7 nitrogen and oxygen atoms in total. The molecule has 26 heavy (non-hydrogen) atoms. The minimum Gasteiger partial charge on any atom is -0.480 e. The molecule has 1 fully saturated rings. The molecule has 0 radical (unpaired) electrons. The monoisotopic (exact) mass is 372 g/mol. The van der Waals surface area contributed by atoms with Crippen LogP contribution in [-0.4, -0.2) is 41.4 Å². The zero-order chi connectivity index (χ0) is 18.5. The van der Waals surface area contributed by atoms with Crippen molar-refractivity contribution >= 4 is 37.7 Å². The maximum Gasteiger partial charge on any atom is 0.322 e. The van der Waals surface area contributed by atoms with Crippen LogP contribution >= 0.6 is 0 Å². The molecule has 4 rings (SSSR count). The van der Waals surface area contributed by atoms with Crippen molar-refractivity contribution in [2.75, 3.05) is 6.54 Å². The van der Waals surface area contributed by atoms with E-state index in [-0.39, 0.29) is 17.0 Å². The molecule has 0 bridgehead atoms. The summed E-state index contributed by atoms with van der Waals surface area (Å²) in [5.41, 5.74) is 0.290. The Hall–Kier alpha value is -2.71. The number of hydrogen-bond donors (Lipinski definition) is 2. The van der Waals surface area contributed by atoms with E-state index < -0.39 is 22.0 Å². The standard InChI is InChI=1S/C18H16N2O5S/c21-17-13-5-2-1-4-12(13)14-10-11(7-8-15(14)19-17)26(24,25)20-9-3-6-16(20)18(22)23/h1-2,4-5,7-8,10,16H,3,6,9H2,(H,19,21)(H,22,23). The van der Waals surface area contributed by atoms with Gasteiger partial charge in [-0.2, -0.15) is 4.31 Å². The molecule has 1 aliphatic rings. The number of hydrogen-bond acceptors (Lipinski definition) is 4. The van der Waals surface area contributed by atoms with Crippen molar-refractivity contribution in [3.8, 4) is 0 Å². The Morgan fingerprint density at radius 1 is 1.12 bits per heavy atom. The SMILES string of the molecule is O=C(O)C1CCCN1S(=O)(=O)c1ccc2[nH]c(=O)c3ccccc3c2c1. The Labute approximate surface area is 148 Å². The van der Waals surface area contributed by atoms with Gasteiger partial charge in [-0.15, -0.1) is 0 Å². The van der Waals surface area contributed by atoms with E-state index in [4.69, 9.17) is 0 Å². The van der Waals surface area contributed by atoms with Gasteiger partial charge in [0.1, 0.15) is 6.04 Å². The van der Waals surface area contributed by atoms with E-state index in [1.165, 1.54) is 12.1 Å². The number of carboxylic acid groups (broad SMARTS) is 1. The summed E-state index contributed by atoms with van der Waals surface area (Å²) in [6.45, 7) is 0.184. The third-order valence-corrected chi connectivity index (χ3v) is 6.70. The second kappa shape index (κ2) is 5.93. The quantitative estimate of drug-likeness (QED) is 0.683. The smallest absolute Gasteiger partial charge is 0.322 e. The number of nitrogens with zero attached hydrogens (tertiary/aromatic N) is 1. The lowest BCUT2D eigenvalue weighted by Gasteiger charge is -2.21. The second-order valence-corrected chi connectivity index (χ2v) is 8.21. The second-order valence-electron chi connectivity index (χ2n) is 6.32. The number of H-pyrrole nitrogens is 1. The van der Waals surface area contributed by atoms with Crippen LogP contribution < -0.4 is 5.56 Å². The fourth-order valence-corrected chi connectivity index (χ4v) is 5.21. The molecule has 2 aromatic carbocycles. The molecule has 0 saturated carbocycles. The molecule has 3 aromatic rings. The van der Waals surface area contributed by atoms with Crippen molar-refractivity contribution < 1.29 is 18.3 Å². The Kier molecular flexibility index (Phi) is 3.82. The number of carbonyl (C=O) groups is 1. The highest BCUT2D eigenvalue weighted by molar-refractivity contribution is 7.89. The van der Waals surface area contributed by atoms with Crippen molar-refractivity contribution in [2.45, 2.75) is 23.8 Å². The molecular weight excluding hydrogens is 356 g/mol. The highest BCUT2D eigenvalue weighted by atomic mass is 32.2. The molecular formula is C18H16N2O5S. The summed E-state index contributed by atoms with van der Waals surface area (Å²) in [5, 5.41) is 11.0. The van der Waals surface area contributed by atoms with E-state index in [0.29, 0.717) is 34.5 Å². The Morgan fingerprint density at radius 2 is 1.85 bits per heavy atom. The van der Waals surface area contributed by atoms with Crippen LogP contribution in [0.4, 0.5) is 0 Å². The first-order valence-electron chi connectivity index (χ1n) is 8.19. The molecule has 1 aromatic heterocycles. The predicted octanol–water partition coefficient (Wildman–Crippen LogP) is 1.92. The lowest BCUT2D eigenvalue weighted by Crippen LogP contribution is -2.40. The van der Waals surface area contributed by atoms with Gasteiger partial charge in [-0.25, -0.2) is 8.42 Å². The summed E-state index contributed by atoms with van der Waals surface area (Å²) >= 11 is 0. The molecule has 2 N–H and O–H groups in total. The Bertz CT molecular complexity index is 1200. The van der Waals surface area contributed by atoms with Gasteiger partial charge in [0.05, 0.1) is 4.90 Å². The third kappa shape index (κ3) is 2.49. The van der Waals surface area contributed by atoms with Crippen molar-refractivity contribution in [2.24, 2.45) is 0 Å². The van der Waals surface area contributed by atoms with Gasteiger partial charge in [0.15, 0.2) is 0 Å². The van der Waals surface area contributed by atoms with E-state index in [9.17, 15) is 23.1 Å². The fourth-order valence-electron chi connectivity index (χ4n) is 3.53. The summed E-state index contributed by atoms with van der Waals surface area (Å²) in [5.74, 6) is -1.14. The number of nitrogens with one attached hydrogen (secondary N) is 1. The molecule has 2 heterocycles. The number of aromatic amines is 1. The summed E-state index contributed by atoms with van der Waals surface area (Å²) < 4.78 is 27.0. The first kappa shape index (κ1) is 16.7. The number of pyridine rings is 1. The molecule has 1 atom stereocenters. The average molecular weight is 372 g/mol. The van der Waals surface area contributed by atoms with Crippen LogP contribution in [0.1, 0.15) is 12.8 Å². The molecule has 134 valence electrons. The van der Waals surface area contributed by atoms with Gasteiger partial charge in [-0.3, -0.25) is 9.59 Å². The summed E-state index contributed by atoms with van der Waals surface area (Å²) in [4.78, 5) is 26.3. The fraction of sp³-hybridized carbons (Fsp3) is 0.222. The normalized spacial score (nSPS) is 18.5. The van der Waals surface area contributed by atoms with Crippen LogP contribution in [0.5, 0.6) is 0 Å². The van der Waals surface area contributed by atoms with Crippen molar-refractivity contribution in [1.29, 1.82) is 0 Å². The van der Waals surface area contributed by atoms with Gasteiger partial charge < -0.3 is 10.1 Å². The van der Waals surface area contributed by atoms with Crippen LogP contribution in [0.15, 0.2) is 52.2 Å². The summed E-state index contributed by atoms with van der Waals surface area (Å²) in [7, 11) is -3.94. The van der Waals surface area contributed by atoms with Crippen LogP contribution in [-0.2, 0) is 14.8 Å². The van der Waals surface area contributed by atoms with E-state index in [2.05, 4.69) is 4.98 Å². The highest BCUT2D eigenvalue weighted by Crippen LogP contribution is 2.29. The zero-order valence-electron chi connectivity index (χ0n) is 13.7. The van der Waals surface area contributed by atoms with E-state index in [1.54, 1.807) is 30.3 Å². The Morgan fingerprint density at radius 3 is 2.58 bits per heavy atom. The predicted molar refractivity (Wildman–Crippen MR) is 96.6 cm³/mol. The lowest BCUT2D eigenvalue weighted by atomic mass is 10.1. The largest absolute Gasteiger partial charge is 0.480 e. The topological polar surface area (TPSA) is 108 Å². The van der Waals surface area contributed by atoms with E-state index in [0.717, 1.165) is 4.31 Å². The molecule has 0 spiro atoms. The van der Waals surface area contributed by atoms with Crippen LogP contribution in [0.3, 0.4) is 0 Å². The molecule has 1 unspecified atom stereocenters. The van der Waals surface area contributed by atoms with Gasteiger partial charge in [-0.05, 0) is 42.5 Å². The van der Waals surface area contributed by atoms with Gasteiger partial charge in [0, 0.05) is 22.8 Å². The molecule has 1 saturated heterocycles. The van der Waals surface area contributed by atoms with Gasteiger partial charge in [-0.1, -0.05) is 18.2 Å². The van der Waals surface area contributed by atoms with E-state index in [1.807, 2.05) is 0 Å². The van der Waals surface area contributed by atoms with Crippen LogP contribution in [0, 0.1) is 0 Å². The lowest BCUT2D eigenvalue weighted by molar-refractivity contribution is -0.140. The number of aliphatic carboxylic acids is 1. The van der Waals surface area contributed by atoms with Gasteiger partial charge >= 0.3 is 5.97 Å². The molecule has 1 aliphatic heterocycles.